The maximum atomic E-state index is 13.3. The minimum absolute atomic E-state index is 0.151. The quantitative estimate of drug-likeness (QED) is 0.493. The number of para-hydroxylation sites is 2. The van der Waals surface area contributed by atoms with Crippen molar-refractivity contribution >= 4 is 35.0 Å². The lowest BCUT2D eigenvalue weighted by atomic mass is 10.1. The van der Waals surface area contributed by atoms with Crippen molar-refractivity contribution in [1.82, 2.24) is 10.2 Å². The number of carbonyl (C=O) groups is 2. The second-order valence-corrected chi connectivity index (χ2v) is 8.60. The predicted molar refractivity (Wildman–Crippen MR) is 127 cm³/mol. The van der Waals surface area contributed by atoms with Crippen LogP contribution in [-0.2, 0) is 16.1 Å². The Morgan fingerprint density at radius 3 is 2.38 bits per heavy atom. The Morgan fingerprint density at radius 1 is 1.09 bits per heavy atom. The van der Waals surface area contributed by atoms with Gasteiger partial charge in [-0.25, -0.2) is 0 Å². The van der Waals surface area contributed by atoms with Gasteiger partial charge in [-0.2, -0.15) is 0 Å². The van der Waals surface area contributed by atoms with Gasteiger partial charge >= 0.3 is 0 Å². The van der Waals surface area contributed by atoms with E-state index in [1.807, 2.05) is 26.8 Å². The third-order valence-electron chi connectivity index (χ3n) is 4.85. The number of halogens is 2. The third-order valence-corrected chi connectivity index (χ3v) is 5.43. The Morgan fingerprint density at radius 2 is 1.78 bits per heavy atom. The van der Waals surface area contributed by atoms with E-state index in [-0.39, 0.29) is 25.0 Å². The zero-order valence-corrected chi connectivity index (χ0v) is 20.4. The average Bonchev–Trinajstić information content (AvgIpc) is 2.77. The van der Waals surface area contributed by atoms with Crippen molar-refractivity contribution in [2.24, 2.45) is 5.92 Å². The van der Waals surface area contributed by atoms with Gasteiger partial charge in [0.25, 0.3) is 5.91 Å². The topological polar surface area (TPSA) is 67.9 Å². The van der Waals surface area contributed by atoms with Gasteiger partial charge in [-0.15, -0.1) is 0 Å². The maximum absolute atomic E-state index is 13.3. The molecule has 0 saturated heterocycles. The van der Waals surface area contributed by atoms with Crippen molar-refractivity contribution in [2.75, 3.05) is 20.3 Å². The van der Waals surface area contributed by atoms with Gasteiger partial charge in [0.15, 0.2) is 18.1 Å². The first-order chi connectivity index (χ1) is 15.3. The summed E-state index contributed by atoms with van der Waals surface area (Å²) in [4.78, 5) is 27.7. The molecule has 0 heterocycles. The van der Waals surface area contributed by atoms with E-state index < -0.39 is 6.04 Å². The number of benzene rings is 2. The average molecular weight is 481 g/mol. The highest BCUT2D eigenvalue weighted by Gasteiger charge is 2.29. The molecular formula is C24H30Cl2N2O4. The third kappa shape index (κ3) is 7.31. The monoisotopic (exact) mass is 480 g/mol. The molecule has 8 heteroatoms. The maximum Gasteiger partial charge on any atom is 0.261 e. The summed E-state index contributed by atoms with van der Waals surface area (Å²) in [6.07, 6.45) is 0.440. The van der Waals surface area contributed by atoms with Crippen molar-refractivity contribution in [3.05, 3.63) is 58.1 Å². The molecule has 0 saturated carbocycles. The van der Waals surface area contributed by atoms with Gasteiger partial charge in [0.05, 0.1) is 7.11 Å². The van der Waals surface area contributed by atoms with Gasteiger partial charge in [0.1, 0.15) is 6.04 Å². The minimum atomic E-state index is -0.672. The number of hydrogen-bond donors (Lipinski definition) is 1. The van der Waals surface area contributed by atoms with Gasteiger partial charge in [0, 0.05) is 23.1 Å². The molecule has 0 radical (unpaired) electrons. The Kier molecular flexibility index (Phi) is 10.1. The lowest BCUT2D eigenvalue weighted by Crippen LogP contribution is -2.50. The Labute approximate surface area is 199 Å². The highest BCUT2D eigenvalue weighted by Crippen LogP contribution is 2.27. The van der Waals surface area contributed by atoms with E-state index in [1.54, 1.807) is 36.4 Å². The lowest BCUT2D eigenvalue weighted by molar-refractivity contribution is -0.143. The number of nitrogens with zero attached hydrogens (tertiary/aromatic N) is 1. The summed E-state index contributed by atoms with van der Waals surface area (Å²) in [5.41, 5.74) is 0.691. The molecule has 1 N–H and O–H groups in total. The molecule has 1 atom stereocenters. The molecule has 2 aromatic rings. The van der Waals surface area contributed by atoms with Gasteiger partial charge in [-0.1, -0.05) is 62.2 Å². The van der Waals surface area contributed by atoms with Crippen molar-refractivity contribution in [3.63, 3.8) is 0 Å². The second-order valence-electron chi connectivity index (χ2n) is 7.76. The van der Waals surface area contributed by atoms with E-state index in [9.17, 15) is 9.59 Å². The minimum Gasteiger partial charge on any atom is -0.493 e. The Bertz CT molecular complexity index is 921. The van der Waals surface area contributed by atoms with Crippen LogP contribution < -0.4 is 14.8 Å². The zero-order valence-electron chi connectivity index (χ0n) is 18.9. The molecular weight excluding hydrogens is 451 g/mol. The van der Waals surface area contributed by atoms with Gasteiger partial charge < -0.3 is 19.7 Å². The number of ether oxygens (including phenoxy) is 2. The molecule has 0 bridgehead atoms. The van der Waals surface area contributed by atoms with Gasteiger partial charge in [0.2, 0.25) is 5.91 Å². The first-order valence-electron chi connectivity index (χ1n) is 10.5. The van der Waals surface area contributed by atoms with Crippen molar-refractivity contribution in [2.45, 2.75) is 39.8 Å². The van der Waals surface area contributed by atoms with Crippen LogP contribution in [0.3, 0.4) is 0 Å². The number of carbonyl (C=O) groups excluding carboxylic acids is 2. The van der Waals surface area contributed by atoms with Crippen LogP contribution in [0.2, 0.25) is 10.0 Å². The van der Waals surface area contributed by atoms with E-state index in [4.69, 9.17) is 32.7 Å². The summed E-state index contributed by atoms with van der Waals surface area (Å²) < 4.78 is 11.0. The molecule has 0 aliphatic heterocycles. The summed E-state index contributed by atoms with van der Waals surface area (Å²) >= 11 is 12.4. The number of nitrogens with one attached hydrogen (secondary N) is 1. The molecule has 32 heavy (non-hydrogen) atoms. The van der Waals surface area contributed by atoms with Crippen molar-refractivity contribution < 1.29 is 19.1 Å². The van der Waals surface area contributed by atoms with E-state index in [0.29, 0.717) is 46.0 Å². The first kappa shape index (κ1) is 25.8. The Balaban J connectivity index is 2.26. The molecule has 174 valence electrons. The molecule has 6 nitrogen and oxygen atoms in total. The predicted octanol–water partition coefficient (Wildman–Crippen LogP) is 4.96. The SMILES string of the molecule is CC[C@@H](C(=O)NCC(C)C)N(Cc1ccc(Cl)cc1Cl)C(=O)COc1ccccc1OC. The fourth-order valence-electron chi connectivity index (χ4n) is 3.14. The van der Waals surface area contributed by atoms with E-state index >= 15 is 0 Å². The molecule has 0 aliphatic carbocycles. The van der Waals surface area contributed by atoms with Crippen LogP contribution in [0.1, 0.15) is 32.8 Å². The van der Waals surface area contributed by atoms with Crippen LogP contribution in [-0.4, -0.2) is 43.0 Å². The molecule has 2 amide bonds. The van der Waals surface area contributed by atoms with Crippen LogP contribution in [0.5, 0.6) is 11.5 Å². The van der Waals surface area contributed by atoms with Crippen LogP contribution in [0.4, 0.5) is 0 Å². The van der Waals surface area contributed by atoms with E-state index in [0.717, 1.165) is 0 Å². The fourth-order valence-corrected chi connectivity index (χ4v) is 3.60. The molecule has 0 spiro atoms. The highest BCUT2D eigenvalue weighted by molar-refractivity contribution is 6.35. The first-order valence-corrected chi connectivity index (χ1v) is 11.3. The van der Waals surface area contributed by atoms with Crippen molar-refractivity contribution in [3.8, 4) is 11.5 Å². The van der Waals surface area contributed by atoms with Crippen LogP contribution >= 0.6 is 23.2 Å². The van der Waals surface area contributed by atoms with E-state index in [1.165, 1.54) is 12.0 Å². The largest absolute Gasteiger partial charge is 0.493 e. The van der Waals surface area contributed by atoms with Crippen LogP contribution in [0, 0.1) is 5.92 Å². The fraction of sp³-hybridized carbons (Fsp3) is 0.417. The molecule has 2 aromatic carbocycles. The van der Waals surface area contributed by atoms with Gasteiger partial charge in [-0.3, -0.25) is 9.59 Å². The number of methoxy groups -OCH3 is 1. The number of hydrogen-bond acceptors (Lipinski definition) is 4. The molecule has 0 fully saturated rings. The molecule has 0 unspecified atom stereocenters. The normalized spacial score (nSPS) is 11.7. The van der Waals surface area contributed by atoms with Crippen LogP contribution in [0.25, 0.3) is 0 Å². The standard InChI is InChI=1S/C24H30Cl2N2O4/c1-5-20(24(30)27-13-16(2)3)28(14-17-10-11-18(25)12-19(17)26)23(29)15-32-22-9-7-6-8-21(22)31-4/h6-12,16,20H,5,13-15H2,1-4H3,(H,27,30)/t20-/m0/s1. The van der Waals surface area contributed by atoms with Crippen molar-refractivity contribution in [1.29, 1.82) is 0 Å². The summed E-state index contributed by atoms with van der Waals surface area (Å²) in [7, 11) is 1.53. The summed E-state index contributed by atoms with van der Waals surface area (Å²) in [6.45, 7) is 6.32. The van der Waals surface area contributed by atoms with Gasteiger partial charge in [-0.05, 0) is 42.2 Å². The smallest absolute Gasteiger partial charge is 0.261 e. The summed E-state index contributed by atoms with van der Waals surface area (Å²) in [5, 5.41) is 3.85. The second kappa shape index (κ2) is 12.6. The highest BCUT2D eigenvalue weighted by atomic mass is 35.5. The summed E-state index contributed by atoms with van der Waals surface area (Å²) in [6, 6.07) is 11.5. The zero-order chi connectivity index (χ0) is 23.7. The number of amides is 2. The molecule has 0 aromatic heterocycles. The lowest BCUT2D eigenvalue weighted by Gasteiger charge is -2.31. The molecule has 2 rings (SSSR count). The Hall–Kier alpha value is -2.44. The molecule has 0 aliphatic rings. The van der Waals surface area contributed by atoms with E-state index in [2.05, 4.69) is 5.32 Å². The van der Waals surface area contributed by atoms with Crippen LogP contribution in [0.15, 0.2) is 42.5 Å². The summed E-state index contributed by atoms with van der Waals surface area (Å²) in [5.74, 6) is 0.713. The number of rotatable bonds is 11.